The summed E-state index contributed by atoms with van der Waals surface area (Å²) in [7, 11) is -0.0198. The Morgan fingerprint density at radius 1 is 1.04 bits per heavy atom. The highest BCUT2D eigenvalue weighted by atomic mass is 32.2. The molecule has 2 aromatic carbocycles. The summed E-state index contributed by atoms with van der Waals surface area (Å²) in [6.07, 6.45) is 0. The molecule has 2 aromatic rings. The highest BCUT2D eigenvalue weighted by Crippen LogP contribution is 2.34. The van der Waals surface area contributed by atoms with E-state index in [2.05, 4.69) is 0 Å². The maximum Gasteiger partial charge on any atom is 0.246 e. The lowest BCUT2D eigenvalue weighted by molar-refractivity contribution is 0.171. The van der Waals surface area contributed by atoms with Crippen molar-refractivity contribution in [3.05, 3.63) is 41.7 Å². The zero-order valence-electron chi connectivity index (χ0n) is 15.2. The maximum absolute atomic E-state index is 14.4. The van der Waals surface area contributed by atoms with Gasteiger partial charge in [0.25, 0.3) is 0 Å². The summed E-state index contributed by atoms with van der Waals surface area (Å²) in [5, 5.41) is 0. The molecule has 0 aliphatic carbocycles. The quantitative estimate of drug-likeness (QED) is 0.745. The van der Waals surface area contributed by atoms with Gasteiger partial charge in [-0.15, -0.1) is 0 Å². The van der Waals surface area contributed by atoms with Crippen molar-refractivity contribution < 1.29 is 31.8 Å². The fraction of sp³-hybridized carbons (Fsp3) is 0.333. The highest BCUT2D eigenvalue weighted by molar-refractivity contribution is 7.89. The second kappa shape index (κ2) is 7.61. The van der Waals surface area contributed by atoms with E-state index in [0.29, 0.717) is 30.3 Å². The molecule has 0 saturated carbocycles. The van der Waals surface area contributed by atoms with Crippen LogP contribution in [0.3, 0.4) is 0 Å². The number of sulfonamides is 1. The van der Waals surface area contributed by atoms with Gasteiger partial charge in [0.1, 0.15) is 23.9 Å². The van der Waals surface area contributed by atoms with Gasteiger partial charge in [0, 0.05) is 25.7 Å². The fourth-order valence-electron chi connectivity index (χ4n) is 2.73. The van der Waals surface area contributed by atoms with Gasteiger partial charge in [0.15, 0.2) is 23.0 Å². The largest absolute Gasteiger partial charge is 0.493 e. The van der Waals surface area contributed by atoms with E-state index in [-0.39, 0.29) is 18.0 Å². The Balaban J connectivity index is 1.89. The van der Waals surface area contributed by atoms with E-state index in [1.807, 2.05) is 0 Å². The predicted octanol–water partition coefficient (Wildman–Crippen LogP) is 2.43. The minimum atomic E-state index is -4.10. The Labute approximate surface area is 157 Å². The molecule has 0 atom stereocenters. The second-order valence-corrected chi connectivity index (χ2v) is 7.89. The molecule has 0 radical (unpaired) electrons. The van der Waals surface area contributed by atoms with Crippen LogP contribution in [0.25, 0.3) is 0 Å². The number of hydrogen-bond donors (Lipinski definition) is 0. The fourth-order valence-corrected chi connectivity index (χ4v) is 3.95. The molecule has 0 saturated heterocycles. The number of fused-ring (bicyclic) bond motifs is 1. The topological polar surface area (TPSA) is 74.3 Å². The van der Waals surface area contributed by atoms with Crippen LogP contribution in [0.15, 0.2) is 35.2 Å². The molecule has 3 rings (SSSR count). The molecule has 7 nitrogen and oxygen atoms in total. The van der Waals surface area contributed by atoms with Crippen LogP contribution < -0.4 is 18.9 Å². The van der Waals surface area contributed by atoms with Crippen LogP contribution in [-0.4, -0.2) is 47.2 Å². The Kier molecular flexibility index (Phi) is 5.43. The standard InChI is InChI=1S/C18H20FNO6S/c1-20(11-12-4-5-14-17(8-12)26-7-6-25-14)27(21,22)18-10-16(24-3)15(23-2)9-13(18)19/h4-5,8-10H,6-7,11H2,1-3H3. The van der Waals surface area contributed by atoms with Gasteiger partial charge in [-0.2, -0.15) is 4.31 Å². The van der Waals surface area contributed by atoms with Gasteiger partial charge in [0.2, 0.25) is 10.0 Å². The molecular weight excluding hydrogens is 377 g/mol. The molecule has 9 heteroatoms. The van der Waals surface area contributed by atoms with Gasteiger partial charge < -0.3 is 18.9 Å². The molecule has 1 heterocycles. The summed E-state index contributed by atoms with van der Waals surface area (Å²) >= 11 is 0. The van der Waals surface area contributed by atoms with Gasteiger partial charge in [-0.05, 0) is 17.7 Å². The summed E-state index contributed by atoms with van der Waals surface area (Å²) < 4.78 is 62.2. The third-order valence-corrected chi connectivity index (χ3v) is 5.96. The number of methoxy groups -OCH3 is 2. The Hall–Kier alpha value is -2.52. The average Bonchev–Trinajstić information content (AvgIpc) is 2.67. The van der Waals surface area contributed by atoms with Crippen LogP contribution in [0.2, 0.25) is 0 Å². The lowest BCUT2D eigenvalue weighted by atomic mass is 10.2. The Bertz CT molecular complexity index is 947. The molecule has 0 N–H and O–H groups in total. The molecule has 1 aliphatic heterocycles. The highest BCUT2D eigenvalue weighted by Gasteiger charge is 2.27. The first-order valence-electron chi connectivity index (χ1n) is 8.13. The molecule has 1 aliphatic rings. The van der Waals surface area contributed by atoms with Crippen molar-refractivity contribution in [2.75, 3.05) is 34.5 Å². The van der Waals surface area contributed by atoms with E-state index < -0.39 is 20.7 Å². The monoisotopic (exact) mass is 397 g/mol. The average molecular weight is 397 g/mol. The Morgan fingerprint density at radius 3 is 2.33 bits per heavy atom. The third kappa shape index (κ3) is 3.79. The van der Waals surface area contributed by atoms with Gasteiger partial charge >= 0.3 is 0 Å². The van der Waals surface area contributed by atoms with Gasteiger partial charge in [-0.3, -0.25) is 0 Å². The lowest BCUT2D eigenvalue weighted by Gasteiger charge is -2.21. The van der Waals surface area contributed by atoms with Gasteiger partial charge in [-0.25, -0.2) is 12.8 Å². The summed E-state index contributed by atoms with van der Waals surface area (Å²) in [6, 6.07) is 7.28. The molecule has 0 spiro atoms. The van der Waals surface area contributed by atoms with E-state index in [1.54, 1.807) is 18.2 Å². The van der Waals surface area contributed by atoms with E-state index >= 15 is 0 Å². The van der Waals surface area contributed by atoms with Crippen LogP contribution in [0, 0.1) is 5.82 Å². The van der Waals surface area contributed by atoms with E-state index in [9.17, 15) is 12.8 Å². The van der Waals surface area contributed by atoms with Crippen LogP contribution in [-0.2, 0) is 16.6 Å². The first kappa shape index (κ1) is 19.2. The molecular formula is C18H20FNO6S. The zero-order chi connectivity index (χ0) is 19.6. The van der Waals surface area contributed by atoms with Crippen LogP contribution in [0.5, 0.6) is 23.0 Å². The summed E-state index contributed by atoms with van der Waals surface area (Å²) in [4.78, 5) is -0.486. The molecule has 0 fully saturated rings. The van der Waals surface area contributed by atoms with Crippen molar-refractivity contribution in [3.63, 3.8) is 0 Å². The number of halogens is 1. The summed E-state index contributed by atoms with van der Waals surface area (Å²) in [6.45, 7) is 0.938. The maximum atomic E-state index is 14.4. The number of ether oxygens (including phenoxy) is 4. The van der Waals surface area contributed by atoms with Crippen molar-refractivity contribution >= 4 is 10.0 Å². The molecule has 0 amide bonds. The molecule has 0 aromatic heterocycles. The van der Waals surface area contributed by atoms with Crippen molar-refractivity contribution in [1.82, 2.24) is 4.31 Å². The van der Waals surface area contributed by atoms with Gasteiger partial charge in [0.05, 0.1) is 14.2 Å². The minimum Gasteiger partial charge on any atom is -0.493 e. The van der Waals surface area contributed by atoms with Crippen LogP contribution in [0.1, 0.15) is 5.56 Å². The normalized spacial score (nSPS) is 13.5. The lowest BCUT2D eigenvalue weighted by Crippen LogP contribution is -2.27. The number of nitrogens with zero attached hydrogens (tertiary/aromatic N) is 1. The predicted molar refractivity (Wildman–Crippen MR) is 95.6 cm³/mol. The molecule has 146 valence electrons. The first-order chi connectivity index (χ1) is 12.9. The van der Waals surface area contributed by atoms with Crippen LogP contribution in [0.4, 0.5) is 4.39 Å². The smallest absolute Gasteiger partial charge is 0.246 e. The SMILES string of the molecule is COc1cc(F)c(S(=O)(=O)N(C)Cc2ccc3c(c2)OCCO3)cc1OC. The molecule has 0 unspecified atom stereocenters. The zero-order valence-corrected chi connectivity index (χ0v) is 16.0. The van der Waals surface area contributed by atoms with E-state index in [1.165, 1.54) is 21.3 Å². The number of rotatable bonds is 6. The number of hydrogen-bond acceptors (Lipinski definition) is 6. The third-order valence-electron chi connectivity index (χ3n) is 4.14. The Morgan fingerprint density at radius 2 is 1.67 bits per heavy atom. The van der Waals surface area contributed by atoms with Gasteiger partial charge in [-0.1, -0.05) is 6.07 Å². The minimum absolute atomic E-state index is 0.0345. The summed E-state index contributed by atoms with van der Waals surface area (Å²) in [5.41, 5.74) is 0.686. The van der Waals surface area contributed by atoms with Crippen LogP contribution >= 0.6 is 0 Å². The van der Waals surface area contributed by atoms with Crippen molar-refractivity contribution in [2.24, 2.45) is 0 Å². The molecule has 0 bridgehead atoms. The molecule has 27 heavy (non-hydrogen) atoms. The van der Waals surface area contributed by atoms with Crippen molar-refractivity contribution in [1.29, 1.82) is 0 Å². The number of benzene rings is 2. The van der Waals surface area contributed by atoms with Crippen molar-refractivity contribution in [3.8, 4) is 23.0 Å². The second-order valence-electron chi connectivity index (χ2n) is 5.88. The first-order valence-corrected chi connectivity index (χ1v) is 9.57. The van der Waals surface area contributed by atoms with E-state index in [4.69, 9.17) is 18.9 Å². The summed E-state index contributed by atoms with van der Waals surface area (Å²) in [5.74, 6) is 0.499. The van der Waals surface area contributed by atoms with E-state index in [0.717, 1.165) is 16.4 Å². The van der Waals surface area contributed by atoms with Crippen molar-refractivity contribution in [2.45, 2.75) is 11.4 Å².